The van der Waals surface area contributed by atoms with Gasteiger partial charge in [0, 0.05) is 30.3 Å². The van der Waals surface area contributed by atoms with Gasteiger partial charge in [0.2, 0.25) is 5.91 Å². The molecule has 1 aromatic heterocycles. The highest BCUT2D eigenvalue weighted by Crippen LogP contribution is 2.30. The first-order valence-electron chi connectivity index (χ1n) is 9.65. The van der Waals surface area contributed by atoms with Crippen LogP contribution in [0.3, 0.4) is 0 Å². The van der Waals surface area contributed by atoms with Crippen LogP contribution in [0.1, 0.15) is 28.8 Å². The number of fused-ring (bicyclic) bond motifs is 1. The van der Waals surface area contributed by atoms with E-state index in [0.29, 0.717) is 25.9 Å². The molecule has 1 saturated heterocycles. The van der Waals surface area contributed by atoms with E-state index in [1.165, 1.54) is 0 Å². The SMILES string of the molecule is CSc1nc2ccc(NC(=O)C3CCN(C(=O)c4ccccc4C)CC3)cc2s1. The van der Waals surface area contributed by atoms with E-state index in [-0.39, 0.29) is 17.7 Å². The molecular weight excluding hydrogens is 402 g/mol. The summed E-state index contributed by atoms with van der Waals surface area (Å²) < 4.78 is 2.10. The molecule has 0 radical (unpaired) electrons. The van der Waals surface area contributed by atoms with Crippen LogP contribution in [0.2, 0.25) is 0 Å². The van der Waals surface area contributed by atoms with Crippen molar-refractivity contribution < 1.29 is 9.59 Å². The number of aryl methyl sites for hydroxylation is 1. The number of nitrogens with one attached hydrogen (secondary N) is 1. The van der Waals surface area contributed by atoms with Gasteiger partial charge < -0.3 is 10.2 Å². The van der Waals surface area contributed by atoms with Crippen molar-refractivity contribution in [1.29, 1.82) is 0 Å². The van der Waals surface area contributed by atoms with E-state index >= 15 is 0 Å². The first-order valence-corrected chi connectivity index (χ1v) is 11.7. The monoisotopic (exact) mass is 425 g/mol. The van der Waals surface area contributed by atoms with Gasteiger partial charge >= 0.3 is 0 Å². The molecule has 29 heavy (non-hydrogen) atoms. The first kappa shape index (κ1) is 19.9. The van der Waals surface area contributed by atoms with E-state index in [1.54, 1.807) is 23.1 Å². The number of thiazole rings is 1. The zero-order chi connectivity index (χ0) is 20.4. The van der Waals surface area contributed by atoms with Crippen LogP contribution in [-0.4, -0.2) is 41.0 Å². The van der Waals surface area contributed by atoms with Gasteiger partial charge in [0.1, 0.15) is 0 Å². The van der Waals surface area contributed by atoms with Gasteiger partial charge in [0.15, 0.2) is 4.34 Å². The number of piperidine rings is 1. The molecule has 0 saturated carbocycles. The summed E-state index contributed by atoms with van der Waals surface area (Å²) in [6.45, 7) is 3.17. The average Bonchev–Trinajstić information content (AvgIpc) is 3.16. The summed E-state index contributed by atoms with van der Waals surface area (Å²) >= 11 is 3.26. The molecule has 2 heterocycles. The molecule has 150 valence electrons. The van der Waals surface area contributed by atoms with Crippen LogP contribution in [0.15, 0.2) is 46.8 Å². The maximum absolute atomic E-state index is 12.8. The lowest BCUT2D eigenvalue weighted by Crippen LogP contribution is -2.41. The van der Waals surface area contributed by atoms with Crippen LogP contribution >= 0.6 is 23.1 Å². The Bertz CT molecular complexity index is 1060. The van der Waals surface area contributed by atoms with Gasteiger partial charge in [-0.2, -0.15) is 0 Å². The van der Waals surface area contributed by atoms with Crippen molar-refractivity contribution in [2.75, 3.05) is 24.7 Å². The fourth-order valence-electron chi connectivity index (χ4n) is 3.64. The third-order valence-electron chi connectivity index (χ3n) is 5.34. The maximum Gasteiger partial charge on any atom is 0.254 e. The zero-order valence-corrected chi connectivity index (χ0v) is 18.1. The number of thioether (sulfide) groups is 1. The second-order valence-corrected chi connectivity index (χ2v) is 9.32. The van der Waals surface area contributed by atoms with E-state index in [9.17, 15) is 9.59 Å². The molecule has 0 atom stereocenters. The topological polar surface area (TPSA) is 62.3 Å². The molecule has 0 spiro atoms. The summed E-state index contributed by atoms with van der Waals surface area (Å²) in [4.78, 5) is 31.9. The predicted octanol–water partition coefficient (Wildman–Crippen LogP) is 4.82. The maximum atomic E-state index is 12.8. The summed E-state index contributed by atoms with van der Waals surface area (Å²) in [6.07, 6.45) is 3.38. The number of anilines is 1. The number of carbonyl (C=O) groups is 2. The van der Waals surface area contributed by atoms with E-state index in [0.717, 1.165) is 31.4 Å². The minimum atomic E-state index is -0.0742. The molecule has 0 unspecified atom stereocenters. The Kier molecular flexibility index (Phi) is 5.87. The summed E-state index contributed by atoms with van der Waals surface area (Å²) in [5.74, 6) is 0.0129. The number of carbonyl (C=O) groups excluding carboxylic acids is 2. The normalized spacial score (nSPS) is 14.9. The highest BCUT2D eigenvalue weighted by atomic mass is 32.2. The molecular formula is C22H23N3O2S2. The van der Waals surface area contributed by atoms with Crippen molar-refractivity contribution in [3.8, 4) is 0 Å². The Balaban J connectivity index is 1.36. The fourth-order valence-corrected chi connectivity index (χ4v) is 5.17. The van der Waals surface area contributed by atoms with Crippen LogP contribution < -0.4 is 5.32 Å². The van der Waals surface area contributed by atoms with Gasteiger partial charge in [-0.25, -0.2) is 4.98 Å². The van der Waals surface area contributed by atoms with Crippen LogP contribution in [0.4, 0.5) is 5.69 Å². The number of likely N-dealkylation sites (tertiary alicyclic amines) is 1. The summed E-state index contributed by atoms with van der Waals surface area (Å²) in [5.41, 5.74) is 3.50. The van der Waals surface area contributed by atoms with Crippen molar-refractivity contribution in [2.24, 2.45) is 5.92 Å². The number of amides is 2. The van der Waals surface area contributed by atoms with Gasteiger partial charge in [-0.05, 0) is 55.9 Å². The number of rotatable bonds is 4. The summed E-state index contributed by atoms with van der Waals surface area (Å²) in [7, 11) is 0. The molecule has 5 nitrogen and oxygen atoms in total. The third kappa shape index (κ3) is 4.31. The minimum absolute atomic E-state index is 0.0296. The lowest BCUT2D eigenvalue weighted by molar-refractivity contribution is -0.121. The Hall–Kier alpha value is -2.38. The Morgan fingerprint density at radius 1 is 1.17 bits per heavy atom. The van der Waals surface area contributed by atoms with Gasteiger partial charge in [-0.15, -0.1) is 11.3 Å². The Morgan fingerprint density at radius 2 is 1.93 bits per heavy atom. The van der Waals surface area contributed by atoms with Crippen molar-refractivity contribution in [2.45, 2.75) is 24.1 Å². The lowest BCUT2D eigenvalue weighted by Gasteiger charge is -2.31. The second-order valence-electron chi connectivity index (χ2n) is 7.24. The largest absolute Gasteiger partial charge is 0.339 e. The minimum Gasteiger partial charge on any atom is -0.339 e. The predicted molar refractivity (Wildman–Crippen MR) is 120 cm³/mol. The summed E-state index contributed by atoms with van der Waals surface area (Å²) in [5, 5.41) is 3.05. The van der Waals surface area contributed by atoms with Crippen molar-refractivity contribution in [1.82, 2.24) is 9.88 Å². The molecule has 0 aliphatic carbocycles. The molecule has 1 fully saturated rings. The van der Waals surface area contributed by atoms with Crippen molar-refractivity contribution >= 4 is 50.8 Å². The van der Waals surface area contributed by atoms with Gasteiger partial charge in [0.25, 0.3) is 5.91 Å². The van der Waals surface area contributed by atoms with Crippen LogP contribution in [0.5, 0.6) is 0 Å². The van der Waals surface area contributed by atoms with Gasteiger partial charge in [0.05, 0.1) is 10.2 Å². The van der Waals surface area contributed by atoms with Crippen LogP contribution in [0.25, 0.3) is 10.2 Å². The average molecular weight is 426 g/mol. The highest BCUT2D eigenvalue weighted by Gasteiger charge is 2.28. The Labute approximate surface area is 178 Å². The van der Waals surface area contributed by atoms with Gasteiger partial charge in [-0.1, -0.05) is 30.0 Å². The van der Waals surface area contributed by atoms with Crippen molar-refractivity contribution in [3.63, 3.8) is 0 Å². The molecule has 1 aliphatic rings. The van der Waals surface area contributed by atoms with E-state index in [4.69, 9.17) is 0 Å². The number of hydrogen-bond donors (Lipinski definition) is 1. The summed E-state index contributed by atoms with van der Waals surface area (Å²) in [6, 6.07) is 13.5. The smallest absolute Gasteiger partial charge is 0.254 e. The van der Waals surface area contributed by atoms with E-state index in [2.05, 4.69) is 10.3 Å². The molecule has 0 bridgehead atoms. The molecule has 1 aliphatic heterocycles. The van der Waals surface area contributed by atoms with Crippen LogP contribution in [-0.2, 0) is 4.79 Å². The Morgan fingerprint density at radius 3 is 2.66 bits per heavy atom. The zero-order valence-electron chi connectivity index (χ0n) is 16.5. The highest BCUT2D eigenvalue weighted by molar-refractivity contribution is 8.00. The quantitative estimate of drug-likeness (QED) is 0.609. The van der Waals surface area contributed by atoms with Gasteiger partial charge in [-0.3, -0.25) is 9.59 Å². The first-order chi connectivity index (χ1) is 14.0. The fraction of sp³-hybridized carbons (Fsp3) is 0.318. The third-order valence-corrected chi connectivity index (χ3v) is 7.34. The van der Waals surface area contributed by atoms with E-state index in [1.807, 2.05) is 60.5 Å². The molecule has 1 N–H and O–H groups in total. The number of aromatic nitrogens is 1. The van der Waals surface area contributed by atoms with Crippen molar-refractivity contribution in [3.05, 3.63) is 53.6 Å². The number of hydrogen-bond acceptors (Lipinski definition) is 5. The van der Waals surface area contributed by atoms with E-state index < -0.39 is 0 Å². The second kappa shape index (κ2) is 8.55. The molecule has 3 aromatic rings. The molecule has 2 amide bonds. The molecule has 4 rings (SSSR count). The van der Waals surface area contributed by atoms with Crippen LogP contribution in [0, 0.1) is 12.8 Å². The standard InChI is InChI=1S/C22H23N3O2S2/c1-14-5-3-4-6-17(14)21(27)25-11-9-15(10-12-25)20(26)23-16-7-8-18-19(13-16)29-22(24-18)28-2/h3-8,13,15H,9-12H2,1-2H3,(H,23,26). The number of nitrogens with zero attached hydrogens (tertiary/aromatic N) is 2. The lowest BCUT2D eigenvalue weighted by atomic mass is 9.95. The molecule has 2 aromatic carbocycles. The number of benzene rings is 2. The molecule has 7 heteroatoms.